The number of rotatable bonds is 6. The van der Waals surface area contributed by atoms with Crippen LogP contribution in [0.1, 0.15) is 46.5 Å². The van der Waals surface area contributed by atoms with E-state index in [0.29, 0.717) is 10.4 Å². The van der Waals surface area contributed by atoms with E-state index in [2.05, 4.69) is 10.3 Å². The van der Waals surface area contributed by atoms with Crippen LogP contribution in [0.15, 0.2) is 42.5 Å². The first-order valence-corrected chi connectivity index (χ1v) is 10.9. The van der Waals surface area contributed by atoms with Crippen LogP contribution < -0.4 is 11.1 Å². The van der Waals surface area contributed by atoms with Gasteiger partial charge in [-0.3, -0.25) is 9.59 Å². The molecular formula is C23H21F2N3O2S. The van der Waals surface area contributed by atoms with Gasteiger partial charge in [-0.1, -0.05) is 18.6 Å². The van der Waals surface area contributed by atoms with E-state index in [1.165, 1.54) is 24.3 Å². The van der Waals surface area contributed by atoms with Crippen molar-refractivity contribution in [2.24, 2.45) is 5.73 Å². The summed E-state index contributed by atoms with van der Waals surface area (Å²) in [5.41, 5.74) is 6.42. The third-order valence-electron chi connectivity index (χ3n) is 5.32. The van der Waals surface area contributed by atoms with E-state index in [-0.39, 0.29) is 40.1 Å². The van der Waals surface area contributed by atoms with E-state index in [0.717, 1.165) is 43.2 Å². The van der Waals surface area contributed by atoms with Crippen LogP contribution in [0.2, 0.25) is 0 Å². The van der Waals surface area contributed by atoms with Gasteiger partial charge in [-0.15, -0.1) is 11.3 Å². The monoisotopic (exact) mass is 441 g/mol. The zero-order chi connectivity index (χ0) is 22.0. The Morgan fingerprint density at radius 2 is 1.90 bits per heavy atom. The van der Waals surface area contributed by atoms with Gasteiger partial charge < -0.3 is 11.1 Å². The molecule has 0 radical (unpaired) electrons. The minimum atomic E-state index is -0.684. The Morgan fingerprint density at radius 3 is 2.58 bits per heavy atom. The van der Waals surface area contributed by atoms with Crippen molar-refractivity contribution in [2.75, 3.05) is 6.54 Å². The number of carbonyl (C=O) groups excluding carboxylic acids is 2. The first-order chi connectivity index (χ1) is 14.9. The molecule has 1 unspecified atom stereocenters. The average molecular weight is 442 g/mol. The highest BCUT2D eigenvalue weighted by atomic mass is 32.1. The summed E-state index contributed by atoms with van der Waals surface area (Å²) in [6.07, 6.45) is 3.33. The third kappa shape index (κ3) is 4.70. The number of nitrogens with one attached hydrogen (secondary N) is 1. The summed E-state index contributed by atoms with van der Waals surface area (Å²) in [5, 5.41) is 3.61. The lowest BCUT2D eigenvalue weighted by molar-refractivity contribution is 0.0958. The molecule has 5 nitrogen and oxygen atoms in total. The molecule has 0 bridgehead atoms. The molecular weight excluding hydrogens is 420 g/mol. The zero-order valence-corrected chi connectivity index (χ0v) is 17.5. The van der Waals surface area contributed by atoms with Crippen molar-refractivity contribution in [3.63, 3.8) is 0 Å². The molecule has 2 aromatic carbocycles. The van der Waals surface area contributed by atoms with Crippen LogP contribution in [-0.4, -0.2) is 29.3 Å². The van der Waals surface area contributed by atoms with Crippen LogP contribution in [0.25, 0.3) is 21.0 Å². The van der Waals surface area contributed by atoms with Crippen molar-refractivity contribution in [1.82, 2.24) is 10.3 Å². The number of piperidine rings is 1. The Hall–Kier alpha value is -2.97. The highest BCUT2D eigenvalue weighted by molar-refractivity contribution is 7.18. The first-order valence-electron chi connectivity index (χ1n) is 10.1. The number of thiazole rings is 1. The highest BCUT2D eigenvalue weighted by Gasteiger charge is 2.25. The van der Waals surface area contributed by atoms with Crippen LogP contribution in [0.3, 0.4) is 0 Å². The van der Waals surface area contributed by atoms with Gasteiger partial charge in [0.25, 0.3) is 0 Å². The van der Waals surface area contributed by atoms with Gasteiger partial charge in [0.05, 0.1) is 4.88 Å². The summed E-state index contributed by atoms with van der Waals surface area (Å²) < 4.78 is 28.0. The van der Waals surface area contributed by atoms with E-state index >= 15 is 0 Å². The molecule has 4 rings (SSSR count). The largest absolute Gasteiger partial charge is 0.366 e. The highest BCUT2D eigenvalue weighted by Crippen LogP contribution is 2.37. The average Bonchev–Trinajstić information content (AvgIpc) is 3.20. The number of primary amides is 1. The maximum absolute atomic E-state index is 14.6. The number of ketones is 1. The van der Waals surface area contributed by atoms with E-state index in [1.807, 2.05) is 0 Å². The molecule has 0 saturated carbocycles. The fourth-order valence-corrected chi connectivity index (χ4v) is 4.79. The van der Waals surface area contributed by atoms with Crippen LogP contribution in [0, 0.1) is 11.6 Å². The second-order valence-electron chi connectivity index (χ2n) is 7.54. The van der Waals surface area contributed by atoms with Crippen molar-refractivity contribution in [3.05, 3.63) is 65.4 Å². The quantitative estimate of drug-likeness (QED) is 0.549. The number of halogens is 2. The second-order valence-corrected chi connectivity index (χ2v) is 8.54. The van der Waals surface area contributed by atoms with E-state index in [4.69, 9.17) is 5.73 Å². The van der Waals surface area contributed by atoms with E-state index in [1.54, 1.807) is 12.1 Å². The Kier molecular flexibility index (Phi) is 6.20. The molecule has 0 aliphatic carbocycles. The van der Waals surface area contributed by atoms with E-state index in [9.17, 15) is 18.4 Å². The molecule has 8 heteroatoms. The predicted molar refractivity (Wildman–Crippen MR) is 116 cm³/mol. The van der Waals surface area contributed by atoms with Gasteiger partial charge in [0.15, 0.2) is 5.78 Å². The van der Waals surface area contributed by atoms with Crippen LogP contribution in [0.4, 0.5) is 8.78 Å². The second kappa shape index (κ2) is 9.03. The molecule has 0 spiro atoms. The van der Waals surface area contributed by atoms with Crippen molar-refractivity contribution in [1.29, 1.82) is 0 Å². The van der Waals surface area contributed by atoms with Crippen molar-refractivity contribution in [2.45, 2.75) is 31.7 Å². The molecule has 3 aromatic rings. The number of nitrogens with zero attached hydrogens (tertiary/aromatic N) is 1. The molecule has 160 valence electrons. The lowest BCUT2D eigenvalue weighted by Crippen LogP contribution is -2.35. The van der Waals surface area contributed by atoms with Crippen molar-refractivity contribution < 1.29 is 18.4 Å². The molecule has 1 aliphatic rings. The van der Waals surface area contributed by atoms with Gasteiger partial charge >= 0.3 is 0 Å². The zero-order valence-electron chi connectivity index (χ0n) is 16.7. The predicted octanol–water partition coefficient (Wildman–Crippen LogP) is 4.57. The summed E-state index contributed by atoms with van der Waals surface area (Å²) in [6.45, 7) is 0.871. The number of hydrogen-bond donors (Lipinski definition) is 2. The van der Waals surface area contributed by atoms with Crippen LogP contribution in [-0.2, 0) is 0 Å². The molecule has 1 saturated heterocycles. The van der Waals surface area contributed by atoms with Gasteiger partial charge in [0.2, 0.25) is 5.91 Å². The maximum atomic E-state index is 14.6. The Balaban J connectivity index is 1.77. The molecule has 1 aromatic heterocycles. The molecule has 1 fully saturated rings. The van der Waals surface area contributed by atoms with E-state index < -0.39 is 17.5 Å². The standard InChI is InChI=1S/C23H21F2N3O2S/c24-15-7-4-13(5-8-15)21-20(19(29)12-16-3-1-2-10-27-16)28-23(31-21)17-11-14(22(26)30)6-9-18(17)25/h4-9,11,16,27H,1-3,10,12H2,(H2,26,30). The van der Waals surface area contributed by atoms with Crippen LogP contribution in [0.5, 0.6) is 0 Å². The molecule has 1 atom stereocenters. The summed E-state index contributed by atoms with van der Waals surface area (Å²) in [6, 6.07) is 9.61. The molecule has 2 heterocycles. The molecule has 3 N–H and O–H groups in total. The third-order valence-corrected chi connectivity index (χ3v) is 6.46. The normalized spacial score (nSPS) is 16.3. The number of aromatic nitrogens is 1. The minimum Gasteiger partial charge on any atom is -0.366 e. The number of nitrogens with two attached hydrogens (primary N) is 1. The molecule has 31 heavy (non-hydrogen) atoms. The summed E-state index contributed by atoms with van der Waals surface area (Å²) in [7, 11) is 0. The Labute approximate surface area is 182 Å². The Bertz CT molecular complexity index is 1120. The Morgan fingerprint density at radius 1 is 1.13 bits per heavy atom. The number of amides is 1. The number of hydrogen-bond acceptors (Lipinski definition) is 5. The summed E-state index contributed by atoms with van der Waals surface area (Å²) >= 11 is 1.13. The maximum Gasteiger partial charge on any atom is 0.248 e. The number of benzene rings is 2. The van der Waals surface area contributed by atoms with Crippen molar-refractivity contribution in [3.8, 4) is 21.0 Å². The first kappa shape index (κ1) is 21.3. The SMILES string of the molecule is NC(=O)c1ccc(F)c(-c2nc(C(=O)CC3CCCCN3)c(-c3ccc(F)cc3)s2)c1. The van der Waals surface area contributed by atoms with Gasteiger partial charge in [-0.25, -0.2) is 13.8 Å². The number of carbonyl (C=O) groups is 2. The lowest BCUT2D eigenvalue weighted by Gasteiger charge is -2.22. The summed E-state index contributed by atoms with van der Waals surface area (Å²) in [4.78, 5) is 29.7. The van der Waals surface area contributed by atoms with Crippen LogP contribution >= 0.6 is 11.3 Å². The lowest BCUT2D eigenvalue weighted by atomic mass is 9.98. The smallest absolute Gasteiger partial charge is 0.248 e. The summed E-state index contributed by atoms with van der Waals surface area (Å²) in [5.74, 6) is -1.81. The van der Waals surface area contributed by atoms with Gasteiger partial charge in [0.1, 0.15) is 22.3 Å². The van der Waals surface area contributed by atoms with Gasteiger partial charge in [-0.05, 0) is 55.3 Å². The fourth-order valence-electron chi connectivity index (χ4n) is 3.68. The topological polar surface area (TPSA) is 85.1 Å². The number of Topliss-reactive ketones (excluding diaryl/α,β-unsaturated/α-hetero) is 1. The minimum absolute atomic E-state index is 0.0717. The fraction of sp³-hybridized carbons (Fsp3) is 0.261. The van der Waals surface area contributed by atoms with Gasteiger partial charge in [-0.2, -0.15) is 0 Å². The van der Waals surface area contributed by atoms with Gasteiger partial charge in [0, 0.05) is 23.6 Å². The van der Waals surface area contributed by atoms with Crippen molar-refractivity contribution >= 4 is 23.0 Å². The molecule has 1 amide bonds. The molecule has 1 aliphatic heterocycles.